The number of benzene rings is 2. The Hall–Kier alpha value is -2.66. The molecule has 150 valence electrons. The lowest BCUT2D eigenvalue weighted by atomic mass is 10.0. The number of rotatable bonds is 10. The van der Waals surface area contributed by atoms with E-state index in [-0.39, 0.29) is 24.3 Å². The molecule has 5 nitrogen and oxygen atoms in total. The monoisotopic (exact) mass is 382 g/mol. The summed E-state index contributed by atoms with van der Waals surface area (Å²) < 4.78 is 0. The highest BCUT2D eigenvalue weighted by Gasteiger charge is 2.16. The van der Waals surface area contributed by atoms with E-state index >= 15 is 0 Å². The van der Waals surface area contributed by atoms with E-state index < -0.39 is 0 Å². The van der Waals surface area contributed by atoms with Crippen LogP contribution in [-0.2, 0) is 22.7 Å². The zero-order valence-corrected chi connectivity index (χ0v) is 17.1. The van der Waals surface area contributed by atoms with Crippen molar-refractivity contribution in [2.24, 2.45) is 0 Å². The first-order chi connectivity index (χ1) is 13.5. The van der Waals surface area contributed by atoms with Crippen LogP contribution in [-0.4, -0.2) is 24.9 Å². The molecule has 0 saturated carbocycles. The van der Waals surface area contributed by atoms with Crippen LogP contribution in [0.1, 0.15) is 49.9 Å². The van der Waals surface area contributed by atoms with Crippen LogP contribution in [0.5, 0.6) is 0 Å². The SMILES string of the molecule is CC[NH+](CC)Cc1ccc(CNC(=O)C[C@H](NC(C)=O)c2ccccc2)cc1. The van der Waals surface area contributed by atoms with E-state index in [0.717, 1.165) is 30.8 Å². The summed E-state index contributed by atoms with van der Waals surface area (Å²) in [4.78, 5) is 25.4. The molecule has 5 heteroatoms. The molecule has 0 unspecified atom stereocenters. The molecule has 1 atom stereocenters. The third-order valence-corrected chi connectivity index (χ3v) is 4.94. The first-order valence-corrected chi connectivity index (χ1v) is 10.0. The fourth-order valence-electron chi connectivity index (χ4n) is 3.20. The van der Waals surface area contributed by atoms with Gasteiger partial charge in [-0.25, -0.2) is 0 Å². The van der Waals surface area contributed by atoms with Gasteiger partial charge in [0.05, 0.1) is 25.6 Å². The molecular weight excluding hydrogens is 350 g/mol. The maximum absolute atomic E-state index is 12.4. The number of hydrogen-bond donors (Lipinski definition) is 3. The topological polar surface area (TPSA) is 62.6 Å². The number of carbonyl (C=O) groups excluding carboxylic acids is 2. The van der Waals surface area contributed by atoms with E-state index in [4.69, 9.17) is 0 Å². The van der Waals surface area contributed by atoms with Crippen molar-refractivity contribution in [1.82, 2.24) is 10.6 Å². The molecule has 2 aromatic carbocycles. The maximum atomic E-state index is 12.4. The molecule has 2 amide bonds. The largest absolute Gasteiger partial charge is 0.352 e. The van der Waals surface area contributed by atoms with Gasteiger partial charge < -0.3 is 15.5 Å². The number of carbonyl (C=O) groups is 2. The van der Waals surface area contributed by atoms with Crippen molar-refractivity contribution in [2.75, 3.05) is 13.1 Å². The minimum atomic E-state index is -0.321. The third-order valence-electron chi connectivity index (χ3n) is 4.94. The van der Waals surface area contributed by atoms with E-state index in [1.54, 1.807) is 4.90 Å². The lowest BCUT2D eigenvalue weighted by Crippen LogP contribution is -3.10. The Balaban J connectivity index is 1.89. The second-order valence-electron chi connectivity index (χ2n) is 7.10. The lowest BCUT2D eigenvalue weighted by Gasteiger charge is -2.18. The summed E-state index contributed by atoms with van der Waals surface area (Å²) in [6.45, 7) is 9.61. The summed E-state index contributed by atoms with van der Waals surface area (Å²) in [5.74, 6) is -0.230. The van der Waals surface area contributed by atoms with Crippen molar-refractivity contribution in [2.45, 2.75) is 46.3 Å². The summed E-state index contributed by atoms with van der Waals surface area (Å²) in [5.41, 5.74) is 3.31. The zero-order valence-electron chi connectivity index (χ0n) is 17.1. The van der Waals surface area contributed by atoms with Crippen molar-refractivity contribution in [3.63, 3.8) is 0 Å². The Labute approximate surface area is 168 Å². The Kier molecular flexibility index (Phi) is 8.69. The normalized spacial score (nSPS) is 11.9. The van der Waals surface area contributed by atoms with E-state index in [9.17, 15) is 9.59 Å². The van der Waals surface area contributed by atoms with E-state index in [2.05, 4.69) is 48.7 Å². The number of hydrogen-bond acceptors (Lipinski definition) is 2. The minimum absolute atomic E-state index is 0.0840. The van der Waals surface area contributed by atoms with Crippen LogP contribution in [0.15, 0.2) is 54.6 Å². The standard InChI is InChI=1S/C23H31N3O2/c1-4-26(5-2)17-20-13-11-19(12-14-20)16-24-23(28)15-22(25-18(3)27)21-9-7-6-8-10-21/h6-14,22H,4-5,15-17H2,1-3H3,(H,24,28)(H,25,27)/p+1/t22-/m0/s1. The second-order valence-corrected chi connectivity index (χ2v) is 7.10. The molecule has 0 bridgehead atoms. The molecule has 2 rings (SSSR count). The number of quaternary nitrogens is 1. The van der Waals surface area contributed by atoms with Gasteiger partial charge in [-0.05, 0) is 25.0 Å². The van der Waals surface area contributed by atoms with E-state index in [1.807, 2.05) is 30.3 Å². The van der Waals surface area contributed by atoms with Crippen molar-refractivity contribution in [3.8, 4) is 0 Å². The van der Waals surface area contributed by atoms with E-state index in [1.165, 1.54) is 12.5 Å². The molecule has 0 aliphatic carbocycles. The van der Waals surface area contributed by atoms with Gasteiger partial charge in [-0.15, -0.1) is 0 Å². The van der Waals surface area contributed by atoms with Gasteiger partial charge in [0.25, 0.3) is 0 Å². The molecule has 0 spiro atoms. The molecule has 0 aliphatic rings. The summed E-state index contributed by atoms with van der Waals surface area (Å²) in [6, 6.07) is 17.7. The van der Waals surface area contributed by atoms with Crippen molar-refractivity contribution >= 4 is 11.8 Å². The van der Waals surface area contributed by atoms with Crippen molar-refractivity contribution in [1.29, 1.82) is 0 Å². The Morgan fingerprint density at radius 1 is 0.929 bits per heavy atom. The molecular formula is C23H32N3O2+. The highest BCUT2D eigenvalue weighted by Crippen LogP contribution is 2.16. The van der Waals surface area contributed by atoms with Crippen LogP contribution in [0.3, 0.4) is 0 Å². The molecule has 0 heterocycles. The lowest BCUT2D eigenvalue weighted by molar-refractivity contribution is -0.910. The second kappa shape index (κ2) is 11.2. The number of amides is 2. The molecule has 28 heavy (non-hydrogen) atoms. The molecule has 0 saturated heterocycles. The van der Waals surface area contributed by atoms with Crippen LogP contribution in [0.4, 0.5) is 0 Å². The Morgan fingerprint density at radius 3 is 2.11 bits per heavy atom. The first-order valence-electron chi connectivity index (χ1n) is 10.0. The molecule has 0 fully saturated rings. The van der Waals surface area contributed by atoms with Gasteiger partial charge in [-0.2, -0.15) is 0 Å². The Bertz CT molecular complexity index is 740. The zero-order chi connectivity index (χ0) is 20.4. The summed E-state index contributed by atoms with van der Waals surface area (Å²) in [6.07, 6.45) is 0.215. The number of nitrogens with one attached hydrogen (secondary N) is 3. The summed E-state index contributed by atoms with van der Waals surface area (Å²) in [7, 11) is 0. The first kappa shape index (κ1) is 21.6. The van der Waals surface area contributed by atoms with Gasteiger partial charge in [0.15, 0.2) is 0 Å². The molecule has 0 aliphatic heterocycles. The van der Waals surface area contributed by atoms with Gasteiger partial charge in [-0.3, -0.25) is 9.59 Å². The predicted octanol–water partition coefficient (Wildman–Crippen LogP) is 2.00. The fourth-order valence-corrected chi connectivity index (χ4v) is 3.20. The van der Waals surface area contributed by atoms with Gasteiger partial charge in [0, 0.05) is 19.0 Å². The summed E-state index contributed by atoms with van der Waals surface area (Å²) >= 11 is 0. The highest BCUT2D eigenvalue weighted by atomic mass is 16.2. The maximum Gasteiger partial charge on any atom is 0.222 e. The van der Waals surface area contributed by atoms with Gasteiger partial charge in [0.1, 0.15) is 6.54 Å². The highest BCUT2D eigenvalue weighted by molar-refractivity contribution is 5.79. The molecule has 0 aromatic heterocycles. The quantitative estimate of drug-likeness (QED) is 0.589. The predicted molar refractivity (Wildman–Crippen MR) is 112 cm³/mol. The molecule has 3 N–H and O–H groups in total. The van der Waals surface area contributed by atoms with Crippen LogP contribution in [0.2, 0.25) is 0 Å². The smallest absolute Gasteiger partial charge is 0.222 e. The molecule has 0 radical (unpaired) electrons. The third kappa shape index (κ3) is 7.16. The summed E-state index contributed by atoms with van der Waals surface area (Å²) in [5, 5.41) is 5.82. The van der Waals surface area contributed by atoms with Crippen LogP contribution in [0, 0.1) is 0 Å². The fraction of sp³-hybridized carbons (Fsp3) is 0.391. The Morgan fingerprint density at radius 2 is 1.54 bits per heavy atom. The van der Waals surface area contributed by atoms with Crippen LogP contribution < -0.4 is 15.5 Å². The van der Waals surface area contributed by atoms with Gasteiger partial charge in [-0.1, -0.05) is 54.6 Å². The van der Waals surface area contributed by atoms with E-state index in [0.29, 0.717) is 6.54 Å². The molecule has 2 aromatic rings. The van der Waals surface area contributed by atoms with Crippen LogP contribution in [0.25, 0.3) is 0 Å². The average Bonchev–Trinajstić information content (AvgIpc) is 2.71. The minimum Gasteiger partial charge on any atom is -0.352 e. The van der Waals surface area contributed by atoms with Crippen LogP contribution >= 0.6 is 0 Å². The van der Waals surface area contributed by atoms with Crippen molar-refractivity contribution in [3.05, 3.63) is 71.3 Å². The van der Waals surface area contributed by atoms with Gasteiger partial charge in [0.2, 0.25) is 11.8 Å². The van der Waals surface area contributed by atoms with Gasteiger partial charge >= 0.3 is 0 Å². The van der Waals surface area contributed by atoms with Crippen molar-refractivity contribution < 1.29 is 14.5 Å². The average molecular weight is 383 g/mol.